The van der Waals surface area contributed by atoms with E-state index in [9.17, 15) is 4.79 Å². The van der Waals surface area contributed by atoms with Crippen molar-refractivity contribution >= 4 is 12.2 Å². The van der Waals surface area contributed by atoms with Crippen LogP contribution in [0.5, 0.6) is 0 Å². The van der Waals surface area contributed by atoms with Crippen molar-refractivity contribution in [2.45, 2.75) is 20.0 Å². The van der Waals surface area contributed by atoms with Gasteiger partial charge in [0.2, 0.25) is 0 Å². The molecule has 0 aliphatic rings. The van der Waals surface area contributed by atoms with Crippen molar-refractivity contribution in [3.8, 4) is 0 Å². The van der Waals surface area contributed by atoms with Crippen LogP contribution >= 0.6 is 0 Å². The van der Waals surface area contributed by atoms with Gasteiger partial charge >= 0.3 is 5.97 Å². The molecule has 0 amide bonds. The van der Waals surface area contributed by atoms with Crippen LogP contribution in [0.3, 0.4) is 0 Å². The van der Waals surface area contributed by atoms with Gasteiger partial charge in [-0.15, -0.1) is 0 Å². The maximum Gasteiger partial charge on any atom is 0.329 e. The number of nitrogens with one attached hydrogen (secondary N) is 1. The molecule has 0 radical (unpaired) electrons. The van der Waals surface area contributed by atoms with E-state index in [4.69, 9.17) is 15.3 Å². The van der Waals surface area contributed by atoms with Crippen molar-refractivity contribution in [1.29, 1.82) is 5.41 Å². The Labute approximate surface area is 94.4 Å². The van der Waals surface area contributed by atoms with Crippen molar-refractivity contribution in [3.05, 3.63) is 34.9 Å². The van der Waals surface area contributed by atoms with Gasteiger partial charge in [0.1, 0.15) is 6.61 Å². The van der Waals surface area contributed by atoms with Gasteiger partial charge in [-0.1, -0.05) is 19.1 Å². The van der Waals surface area contributed by atoms with Crippen LogP contribution in [0, 0.1) is 5.41 Å². The predicted octanol–water partition coefficient (Wildman–Crippen LogP) is 1.85. The van der Waals surface area contributed by atoms with Gasteiger partial charge in [0.15, 0.2) is 0 Å². The SMILES string of the molecule is CCc1ccc(COCC(=O)O)c(C=N)c1. The lowest BCUT2D eigenvalue weighted by Crippen LogP contribution is -2.07. The largest absolute Gasteiger partial charge is 0.480 e. The Bertz CT molecular complexity index is 388. The summed E-state index contributed by atoms with van der Waals surface area (Å²) in [5.74, 6) is -0.985. The first-order valence-corrected chi connectivity index (χ1v) is 5.09. The zero-order chi connectivity index (χ0) is 12.0. The molecule has 0 unspecified atom stereocenters. The number of aliphatic carboxylic acids is 1. The van der Waals surface area contributed by atoms with Crippen LogP contribution in [0.15, 0.2) is 18.2 Å². The van der Waals surface area contributed by atoms with Crippen molar-refractivity contribution in [3.63, 3.8) is 0 Å². The number of hydrogen-bond acceptors (Lipinski definition) is 3. The molecular weight excluding hydrogens is 206 g/mol. The minimum Gasteiger partial charge on any atom is -0.480 e. The quantitative estimate of drug-likeness (QED) is 0.720. The molecule has 1 aromatic rings. The number of carbonyl (C=O) groups is 1. The summed E-state index contributed by atoms with van der Waals surface area (Å²) in [7, 11) is 0. The standard InChI is InChI=1S/C12H15NO3/c1-2-9-3-4-10(11(5-9)6-13)7-16-8-12(14)15/h3-6,13H,2,7-8H2,1H3,(H,14,15). The highest BCUT2D eigenvalue weighted by Crippen LogP contribution is 2.12. The Hall–Kier alpha value is -1.68. The molecule has 1 aromatic carbocycles. The third-order valence-corrected chi connectivity index (χ3v) is 2.26. The molecule has 1 rings (SSSR count). The molecule has 0 aromatic heterocycles. The van der Waals surface area contributed by atoms with E-state index in [1.807, 2.05) is 25.1 Å². The molecule has 86 valence electrons. The Kier molecular flexibility index (Phi) is 4.66. The van der Waals surface area contributed by atoms with Crippen LogP contribution in [0.25, 0.3) is 0 Å². The van der Waals surface area contributed by atoms with Gasteiger partial charge in [-0.3, -0.25) is 0 Å². The fourth-order valence-corrected chi connectivity index (χ4v) is 1.38. The Morgan fingerprint density at radius 2 is 2.31 bits per heavy atom. The van der Waals surface area contributed by atoms with Gasteiger partial charge < -0.3 is 15.3 Å². The summed E-state index contributed by atoms with van der Waals surface area (Å²) in [5, 5.41) is 15.7. The normalized spacial score (nSPS) is 10.1. The van der Waals surface area contributed by atoms with Crippen molar-refractivity contribution in [1.82, 2.24) is 0 Å². The molecule has 4 heteroatoms. The summed E-state index contributed by atoms with van der Waals surface area (Å²) < 4.78 is 4.99. The second kappa shape index (κ2) is 6.02. The lowest BCUT2D eigenvalue weighted by molar-refractivity contribution is -0.142. The maximum atomic E-state index is 10.3. The van der Waals surface area contributed by atoms with Crippen LogP contribution in [-0.2, 0) is 22.6 Å². The van der Waals surface area contributed by atoms with Crippen molar-refractivity contribution in [2.75, 3.05) is 6.61 Å². The highest BCUT2D eigenvalue weighted by molar-refractivity contribution is 5.79. The lowest BCUT2D eigenvalue weighted by Gasteiger charge is -2.07. The van der Waals surface area contributed by atoms with Gasteiger partial charge in [0.05, 0.1) is 6.61 Å². The molecule has 0 heterocycles. The molecule has 0 saturated carbocycles. The van der Waals surface area contributed by atoms with Gasteiger partial charge in [0.25, 0.3) is 0 Å². The fourth-order valence-electron chi connectivity index (χ4n) is 1.38. The molecule has 0 bridgehead atoms. The molecule has 0 aliphatic heterocycles. The van der Waals surface area contributed by atoms with Gasteiger partial charge in [-0.05, 0) is 29.2 Å². The highest BCUT2D eigenvalue weighted by atomic mass is 16.5. The van der Waals surface area contributed by atoms with E-state index >= 15 is 0 Å². The summed E-state index contributed by atoms with van der Waals surface area (Å²) in [6.45, 7) is 1.96. The van der Waals surface area contributed by atoms with Gasteiger partial charge in [-0.2, -0.15) is 0 Å². The van der Waals surface area contributed by atoms with Gasteiger partial charge in [-0.25, -0.2) is 4.79 Å². The number of carboxylic acid groups (broad SMARTS) is 1. The number of hydrogen-bond donors (Lipinski definition) is 2. The van der Waals surface area contributed by atoms with E-state index in [0.717, 1.165) is 23.1 Å². The van der Waals surface area contributed by atoms with E-state index < -0.39 is 5.97 Å². The highest BCUT2D eigenvalue weighted by Gasteiger charge is 2.03. The smallest absolute Gasteiger partial charge is 0.329 e. The van der Waals surface area contributed by atoms with E-state index in [2.05, 4.69) is 0 Å². The predicted molar refractivity (Wildman–Crippen MR) is 61.0 cm³/mol. The second-order valence-corrected chi connectivity index (χ2v) is 3.42. The van der Waals surface area contributed by atoms with Gasteiger partial charge in [0, 0.05) is 6.21 Å². The molecule has 0 aliphatic carbocycles. The van der Waals surface area contributed by atoms with Crippen LogP contribution in [0.2, 0.25) is 0 Å². The summed E-state index contributed by atoms with van der Waals surface area (Å²) in [6, 6.07) is 5.76. The number of aryl methyl sites for hydroxylation is 1. The third kappa shape index (κ3) is 3.47. The number of ether oxygens (including phenoxy) is 1. The summed E-state index contributed by atoms with van der Waals surface area (Å²) >= 11 is 0. The topological polar surface area (TPSA) is 70.4 Å². The van der Waals surface area contributed by atoms with E-state index in [0.29, 0.717) is 0 Å². The first-order valence-electron chi connectivity index (χ1n) is 5.09. The molecular formula is C12H15NO3. The minimum absolute atomic E-state index is 0.223. The monoisotopic (exact) mass is 221 g/mol. The lowest BCUT2D eigenvalue weighted by atomic mass is 10.0. The van der Waals surface area contributed by atoms with Crippen LogP contribution in [0.1, 0.15) is 23.6 Å². The third-order valence-electron chi connectivity index (χ3n) is 2.26. The number of carboxylic acids is 1. The van der Waals surface area contributed by atoms with Crippen molar-refractivity contribution < 1.29 is 14.6 Å². The molecule has 0 atom stereocenters. The molecule has 0 fully saturated rings. The molecule has 16 heavy (non-hydrogen) atoms. The van der Waals surface area contributed by atoms with Crippen LogP contribution in [-0.4, -0.2) is 23.9 Å². The van der Waals surface area contributed by atoms with E-state index in [1.54, 1.807) is 0 Å². The summed E-state index contributed by atoms with van der Waals surface area (Å²) in [6.07, 6.45) is 2.18. The molecule has 4 nitrogen and oxygen atoms in total. The average molecular weight is 221 g/mol. The maximum absolute atomic E-state index is 10.3. The summed E-state index contributed by atoms with van der Waals surface area (Å²) in [5.41, 5.74) is 2.78. The van der Waals surface area contributed by atoms with E-state index in [-0.39, 0.29) is 13.2 Å². The summed E-state index contributed by atoms with van der Waals surface area (Å²) in [4.78, 5) is 10.3. The Morgan fingerprint density at radius 1 is 1.56 bits per heavy atom. The molecule has 0 saturated heterocycles. The second-order valence-electron chi connectivity index (χ2n) is 3.42. The molecule has 0 spiro atoms. The minimum atomic E-state index is -0.985. The zero-order valence-electron chi connectivity index (χ0n) is 9.19. The Balaban J connectivity index is 2.71. The van der Waals surface area contributed by atoms with Crippen LogP contribution in [0.4, 0.5) is 0 Å². The van der Waals surface area contributed by atoms with E-state index in [1.165, 1.54) is 6.21 Å². The number of rotatable bonds is 6. The fraction of sp³-hybridized carbons (Fsp3) is 0.333. The molecule has 2 N–H and O–H groups in total. The Morgan fingerprint density at radius 3 is 2.88 bits per heavy atom. The average Bonchev–Trinajstić information content (AvgIpc) is 2.29. The zero-order valence-corrected chi connectivity index (χ0v) is 9.19. The number of benzene rings is 1. The van der Waals surface area contributed by atoms with Crippen LogP contribution < -0.4 is 0 Å². The first-order chi connectivity index (χ1) is 7.67. The first kappa shape index (κ1) is 12.4. The van der Waals surface area contributed by atoms with Crippen molar-refractivity contribution in [2.24, 2.45) is 0 Å².